The Balaban J connectivity index is -0.000000303. The van der Waals surface area contributed by atoms with Crippen LogP contribution in [0, 0.1) is 16.2 Å². The zero-order valence-corrected chi connectivity index (χ0v) is 18.7. The quantitative estimate of drug-likeness (QED) is 0.289. The van der Waals surface area contributed by atoms with Crippen LogP contribution < -0.4 is 50.9 Å². The lowest BCUT2D eigenvalue weighted by Gasteiger charge is -1.69. The first kappa shape index (κ1) is 29.1. The van der Waals surface area contributed by atoms with Gasteiger partial charge in [0.1, 0.15) is 0 Å². The maximum Gasteiger partial charge on any atom is 0.385 e. The first-order valence-corrected chi connectivity index (χ1v) is 7.00. The van der Waals surface area contributed by atoms with E-state index in [0.717, 1.165) is 0 Å². The van der Waals surface area contributed by atoms with Crippen LogP contribution in [0.3, 0.4) is 0 Å². The van der Waals surface area contributed by atoms with Gasteiger partial charge in [-0.1, -0.05) is 54.6 Å². The van der Waals surface area contributed by atoms with Crippen LogP contribution in [-0.4, -0.2) is 0 Å². The molecule has 0 amide bonds. The minimum Gasteiger partial charge on any atom is -1.00 e. The molecule has 0 spiro atoms. The summed E-state index contributed by atoms with van der Waals surface area (Å²) in [7, 11) is 0. The summed E-state index contributed by atoms with van der Waals surface area (Å²) in [5.41, 5.74) is 1.77. The summed E-state index contributed by atoms with van der Waals surface area (Å²) in [6.07, 6.45) is 0. The van der Waals surface area contributed by atoms with Crippen LogP contribution in [0.2, 0.25) is 0 Å². The molecule has 0 aromatic heterocycles. The summed E-state index contributed by atoms with van der Waals surface area (Å²) in [6.45, 7) is 0. The SMILES string of the molecule is N#[N+]c1ccccc1.N#[N+]c1ccccc1.N#[N+]c1ccccc1.[Br-].[Br-].[Br-]. The summed E-state index contributed by atoms with van der Waals surface area (Å²) >= 11 is 0. The Morgan fingerprint density at radius 3 is 0.667 bits per heavy atom. The highest BCUT2D eigenvalue weighted by atomic mass is 79.9. The molecule has 6 nitrogen and oxygen atoms in total. The maximum absolute atomic E-state index is 8.16. The normalized spacial score (nSPS) is 7.00. The third kappa shape index (κ3) is 14.2. The molecule has 0 unspecified atom stereocenters. The molecule has 0 radical (unpaired) electrons. The summed E-state index contributed by atoms with van der Waals surface area (Å²) in [6, 6.07) is 26.8. The van der Waals surface area contributed by atoms with Crippen molar-refractivity contribution in [2.75, 3.05) is 0 Å². The van der Waals surface area contributed by atoms with Crippen molar-refractivity contribution in [1.82, 2.24) is 0 Å². The topological polar surface area (TPSA) is 84.5 Å². The van der Waals surface area contributed by atoms with Gasteiger partial charge in [0.15, 0.2) is 14.9 Å². The van der Waals surface area contributed by atoms with Gasteiger partial charge in [0.25, 0.3) is 0 Å². The number of nitrogens with zero attached hydrogens (tertiary/aromatic N) is 6. The van der Waals surface area contributed by atoms with E-state index in [9.17, 15) is 0 Å². The van der Waals surface area contributed by atoms with Gasteiger partial charge in [-0.3, -0.25) is 0 Å². The van der Waals surface area contributed by atoms with E-state index in [4.69, 9.17) is 16.2 Å². The van der Waals surface area contributed by atoms with Crippen LogP contribution in [0.5, 0.6) is 0 Å². The highest BCUT2D eigenvalue weighted by Crippen LogP contribution is 2.08. The van der Waals surface area contributed by atoms with E-state index in [1.807, 2.05) is 54.6 Å². The van der Waals surface area contributed by atoms with Crippen molar-refractivity contribution in [1.29, 1.82) is 16.2 Å². The molecule has 3 aromatic rings. The monoisotopic (exact) mass is 552 g/mol. The molecular formula is C18H15Br3N6. The summed E-state index contributed by atoms with van der Waals surface area (Å²) in [5, 5.41) is 24.5. The fraction of sp³-hybridized carbons (Fsp3) is 0. The Bertz CT molecular complexity index is 724. The second kappa shape index (κ2) is 19.7. The molecule has 3 aromatic carbocycles. The Labute approximate surface area is 189 Å². The molecule has 0 saturated heterocycles. The molecule has 0 fully saturated rings. The zero-order valence-electron chi connectivity index (χ0n) is 14.0. The van der Waals surface area contributed by atoms with E-state index in [-0.39, 0.29) is 50.9 Å². The van der Waals surface area contributed by atoms with Crippen molar-refractivity contribution < 1.29 is 50.9 Å². The lowest BCUT2D eigenvalue weighted by Crippen LogP contribution is -3.00. The van der Waals surface area contributed by atoms with Gasteiger partial charge in [-0.15, -0.1) is 0 Å². The average molecular weight is 555 g/mol. The van der Waals surface area contributed by atoms with Gasteiger partial charge in [-0.05, 0) is 0 Å². The summed E-state index contributed by atoms with van der Waals surface area (Å²) < 4.78 is 0. The minimum atomic E-state index is 0. The molecule has 0 bridgehead atoms. The standard InChI is InChI=1S/3C6H5N2.3BrH/c3*7-8-6-4-2-1-3-5-6;;;/h3*1-5H;3*1H/q3*+1;;;/p-3. The van der Waals surface area contributed by atoms with Crippen LogP contribution in [0.4, 0.5) is 17.1 Å². The molecule has 27 heavy (non-hydrogen) atoms. The van der Waals surface area contributed by atoms with Crippen molar-refractivity contribution in [3.05, 3.63) is 106 Å². The summed E-state index contributed by atoms with van der Waals surface area (Å²) in [4.78, 5) is 8.91. The van der Waals surface area contributed by atoms with E-state index in [0.29, 0.717) is 17.1 Å². The van der Waals surface area contributed by atoms with Crippen molar-refractivity contribution in [3.8, 4) is 0 Å². The molecule has 0 N–H and O–H groups in total. The Morgan fingerprint density at radius 2 is 0.556 bits per heavy atom. The van der Waals surface area contributed by atoms with Crippen molar-refractivity contribution in [2.45, 2.75) is 0 Å². The third-order valence-electron chi connectivity index (χ3n) is 2.61. The van der Waals surface area contributed by atoms with Gasteiger partial charge < -0.3 is 50.9 Å². The fourth-order valence-corrected chi connectivity index (χ4v) is 1.48. The van der Waals surface area contributed by atoms with E-state index >= 15 is 0 Å². The molecule has 0 aliphatic carbocycles. The Kier molecular flexibility index (Phi) is 21.2. The molecule has 0 aliphatic rings. The Hall–Kier alpha value is -2.64. The van der Waals surface area contributed by atoms with Crippen LogP contribution >= 0.6 is 0 Å². The molecule has 0 aliphatic heterocycles. The van der Waals surface area contributed by atoms with Gasteiger partial charge in [0.2, 0.25) is 16.2 Å². The van der Waals surface area contributed by atoms with Crippen LogP contribution in [0.1, 0.15) is 0 Å². The van der Waals surface area contributed by atoms with E-state index in [1.54, 1.807) is 36.4 Å². The first-order valence-electron chi connectivity index (χ1n) is 7.00. The highest BCUT2D eigenvalue weighted by molar-refractivity contribution is 5.43. The summed E-state index contributed by atoms with van der Waals surface area (Å²) in [5.74, 6) is 0. The lowest BCUT2D eigenvalue weighted by atomic mass is 10.3. The van der Waals surface area contributed by atoms with Gasteiger partial charge in [0.05, 0.1) is 0 Å². The predicted molar refractivity (Wildman–Crippen MR) is 93.6 cm³/mol. The molecule has 138 valence electrons. The van der Waals surface area contributed by atoms with Crippen molar-refractivity contribution in [2.24, 2.45) is 0 Å². The smallest absolute Gasteiger partial charge is 0.385 e. The maximum atomic E-state index is 8.16. The molecular weight excluding hydrogens is 540 g/mol. The second-order valence-electron chi connectivity index (χ2n) is 4.31. The number of hydrogen-bond donors (Lipinski definition) is 0. The zero-order chi connectivity index (χ0) is 17.5. The highest BCUT2D eigenvalue weighted by Gasteiger charge is 1.97. The molecule has 9 heteroatoms. The van der Waals surface area contributed by atoms with Crippen LogP contribution in [-0.2, 0) is 0 Å². The van der Waals surface area contributed by atoms with E-state index < -0.39 is 0 Å². The van der Waals surface area contributed by atoms with Crippen molar-refractivity contribution >= 4 is 17.1 Å². The fourth-order valence-electron chi connectivity index (χ4n) is 1.48. The van der Waals surface area contributed by atoms with Crippen LogP contribution in [0.25, 0.3) is 14.9 Å². The van der Waals surface area contributed by atoms with E-state index in [2.05, 4.69) is 14.9 Å². The van der Waals surface area contributed by atoms with Gasteiger partial charge >= 0.3 is 17.1 Å². The number of hydrogen-bond acceptors (Lipinski definition) is 3. The lowest BCUT2D eigenvalue weighted by molar-refractivity contribution is -0.00100. The average Bonchev–Trinajstić information content (AvgIpc) is 2.71. The predicted octanol–water partition coefficient (Wildman–Crippen LogP) is -2.47. The molecule has 0 saturated carbocycles. The van der Waals surface area contributed by atoms with Gasteiger partial charge in [0, 0.05) is 36.4 Å². The first-order chi connectivity index (χ1) is 11.8. The largest absolute Gasteiger partial charge is 1.00 e. The van der Waals surface area contributed by atoms with E-state index in [1.165, 1.54) is 0 Å². The number of rotatable bonds is 0. The molecule has 0 atom stereocenters. The molecule has 3 rings (SSSR count). The minimum absolute atomic E-state index is 0. The second-order valence-corrected chi connectivity index (χ2v) is 4.31. The van der Waals surface area contributed by atoms with Gasteiger partial charge in [-0.2, -0.15) is 0 Å². The van der Waals surface area contributed by atoms with Crippen molar-refractivity contribution in [3.63, 3.8) is 0 Å². The number of diazo groups is 3. The number of halogens is 3. The molecule has 0 heterocycles. The number of benzene rings is 3. The Morgan fingerprint density at radius 1 is 0.370 bits per heavy atom. The van der Waals surface area contributed by atoms with Gasteiger partial charge in [-0.25, -0.2) is 0 Å². The third-order valence-corrected chi connectivity index (χ3v) is 2.61. The van der Waals surface area contributed by atoms with Crippen LogP contribution in [0.15, 0.2) is 91.0 Å².